The molecule has 6 nitrogen and oxygen atoms in total. The van der Waals surface area contributed by atoms with E-state index in [2.05, 4.69) is 20.2 Å². The van der Waals surface area contributed by atoms with Crippen molar-refractivity contribution >= 4 is 35.1 Å². The number of carbonyl (C=O) groups is 1. The number of halogens is 1. The molecule has 1 N–H and O–H groups in total. The summed E-state index contributed by atoms with van der Waals surface area (Å²) in [7, 11) is 3.83. The third kappa shape index (κ3) is 6.87. The average molecular weight is 434 g/mol. The number of piperidine rings is 1. The first-order chi connectivity index (χ1) is 14.0. The van der Waals surface area contributed by atoms with E-state index >= 15 is 0 Å². The van der Waals surface area contributed by atoms with Crippen LogP contribution in [0.4, 0.5) is 5.82 Å². The lowest BCUT2D eigenvalue weighted by Crippen LogP contribution is -2.37. The van der Waals surface area contributed by atoms with Crippen molar-refractivity contribution in [1.82, 2.24) is 20.2 Å². The molecule has 0 saturated carbocycles. The minimum Gasteiger partial charge on any atom is -0.363 e. The number of nitrogens with zero attached hydrogens (tertiary/aromatic N) is 4. The second kappa shape index (κ2) is 10.8. The van der Waals surface area contributed by atoms with Crippen molar-refractivity contribution in [2.75, 3.05) is 45.2 Å². The molecule has 1 fully saturated rings. The number of anilines is 1. The molecule has 1 amide bonds. The summed E-state index contributed by atoms with van der Waals surface area (Å²) in [5.41, 5.74) is 1.73. The molecule has 2 aromatic rings. The molecule has 1 aliphatic heterocycles. The summed E-state index contributed by atoms with van der Waals surface area (Å²) in [4.78, 5) is 25.6. The number of amides is 1. The first-order valence-corrected chi connectivity index (χ1v) is 11.3. The highest BCUT2D eigenvalue weighted by Gasteiger charge is 2.11. The van der Waals surface area contributed by atoms with Crippen LogP contribution in [0.2, 0.25) is 5.15 Å². The van der Waals surface area contributed by atoms with E-state index in [9.17, 15) is 4.79 Å². The summed E-state index contributed by atoms with van der Waals surface area (Å²) >= 11 is 7.60. The highest BCUT2D eigenvalue weighted by atomic mass is 35.5. The molecular weight excluding hydrogens is 406 g/mol. The molecule has 156 valence electrons. The lowest BCUT2D eigenvalue weighted by molar-refractivity contribution is 0.0946. The third-order valence-electron chi connectivity index (χ3n) is 4.84. The van der Waals surface area contributed by atoms with E-state index < -0.39 is 0 Å². The zero-order chi connectivity index (χ0) is 20.6. The number of likely N-dealkylation sites (tertiary alicyclic amines) is 1. The van der Waals surface area contributed by atoms with Gasteiger partial charge in [-0.05, 0) is 43.6 Å². The molecule has 29 heavy (non-hydrogen) atoms. The van der Waals surface area contributed by atoms with Crippen molar-refractivity contribution in [1.29, 1.82) is 0 Å². The van der Waals surface area contributed by atoms with Crippen LogP contribution in [0.1, 0.15) is 35.2 Å². The van der Waals surface area contributed by atoms with Gasteiger partial charge in [-0.15, -0.1) is 0 Å². The van der Waals surface area contributed by atoms with Crippen LogP contribution in [-0.4, -0.2) is 61.0 Å². The smallest absolute Gasteiger partial charge is 0.251 e. The Balaban J connectivity index is 1.53. The van der Waals surface area contributed by atoms with Crippen molar-refractivity contribution in [3.05, 3.63) is 46.6 Å². The van der Waals surface area contributed by atoms with E-state index in [-0.39, 0.29) is 5.91 Å². The number of aromatic nitrogens is 2. The van der Waals surface area contributed by atoms with Crippen molar-refractivity contribution in [2.24, 2.45) is 0 Å². The van der Waals surface area contributed by atoms with Crippen LogP contribution in [0.15, 0.2) is 35.5 Å². The van der Waals surface area contributed by atoms with Gasteiger partial charge in [0, 0.05) is 44.6 Å². The number of hydrogen-bond donors (Lipinski definition) is 1. The van der Waals surface area contributed by atoms with E-state index in [0.717, 1.165) is 31.0 Å². The van der Waals surface area contributed by atoms with Crippen LogP contribution in [0.3, 0.4) is 0 Å². The fraction of sp³-hybridized carbons (Fsp3) is 0.476. The summed E-state index contributed by atoms with van der Waals surface area (Å²) in [6, 6.07) is 9.44. The molecule has 1 aromatic heterocycles. The van der Waals surface area contributed by atoms with Crippen molar-refractivity contribution in [3.63, 3.8) is 0 Å². The van der Waals surface area contributed by atoms with E-state index in [1.54, 1.807) is 6.07 Å². The maximum absolute atomic E-state index is 12.5. The van der Waals surface area contributed by atoms with Crippen LogP contribution in [0.5, 0.6) is 0 Å². The predicted molar refractivity (Wildman–Crippen MR) is 120 cm³/mol. The number of benzene rings is 1. The van der Waals surface area contributed by atoms with Gasteiger partial charge in [-0.3, -0.25) is 4.79 Å². The number of nitrogens with one attached hydrogen (secondary N) is 1. The minimum atomic E-state index is -0.0252. The van der Waals surface area contributed by atoms with Crippen LogP contribution in [-0.2, 0) is 5.75 Å². The standard InChI is InChI=1S/C21H28ClN5OS/c1-26(2)19-14-18(22)24-21(25-19)29-15-16-7-6-8-17(13-16)20(28)23-9-12-27-10-4-3-5-11-27/h6-8,13-14H,3-5,9-12,15H2,1-2H3,(H,23,28). The molecule has 0 aliphatic carbocycles. The molecule has 3 rings (SSSR count). The molecule has 2 heterocycles. The van der Waals surface area contributed by atoms with E-state index in [0.29, 0.717) is 28.2 Å². The zero-order valence-electron chi connectivity index (χ0n) is 17.0. The van der Waals surface area contributed by atoms with Crippen LogP contribution >= 0.6 is 23.4 Å². The normalized spacial score (nSPS) is 14.6. The summed E-state index contributed by atoms with van der Waals surface area (Å²) < 4.78 is 0. The Kier molecular flexibility index (Phi) is 8.15. The third-order valence-corrected chi connectivity index (χ3v) is 5.95. The topological polar surface area (TPSA) is 61.4 Å². The first kappa shape index (κ1) is 21.9. The molecule has 0 unspecified atom stereocenters. The summed E-state index contributed by atoms with van der Waals surface area (Å²) in [6.45, 7) is 3.89. The number of carbonyl (C=O) groups excluding carboxylic acids is 1. The maximum atomic E-state index is 12.5. The fourth-order valence-corrected chi connectivity index (χ4v) is 4.27. The van der Waals surface area contributed by atoms with Gasteiger partial charge >= 0.3 is 0 Å². The Bertz CT molecular complexity index is 826. The predicted octanol–water partition coefficient (Wildman–Crippen LogP) is 3.70. The molecule has 1 aliphatic rings. The molecule has 1 aromatic carbocycles. The fourth-order valence-electron chi connectivity index (χ4n) is 3.24. The SMILES string of the molecule is CN(C)c1cc(Cl)nc(SCc2cccc(C(=O)NCCN3CCCCC3)c2)n1. The summed E-state index contributed by atoms with van der Waals surface area (Å²) in [5.74, 6) is 1.42. The molecule has 1 saturated heterocycles. The molecule has 8 heteroatoms. The van der Waals surface area contributed by atoms with E-state index in [4.69, 9.17) is 11.6 Å². The second-order valence-electron chi connectivity index (χ2n) is 7.37. The lowest BCUT2D eigenvalue weighted by atomic mass is 10.1. The van der Waals surface area contributed by atoms with Gasteiger partial charge in [-0.25, -0.2) is 9.97 Å². The van der Waals surface area contributed by atoms with Gasteiger partial charge in [-0.1, -0.05) is 41.9 Å². The first-order valence-electron chi connectivity index (χ1n) is 9.95. The quantitative estimate of drug-likeness (QED) is 0.389. The Labute approximate surface area is 182 Å². The van der Waals surface area contributed by atoms with Crippen LogP contribution in [0.25, 0.3) is 0 Å². The van der Waals surface area contributed by atoms with Gasteiger partial charge in [0.05, 0.1) is 0 Å². The van der Waals surface area contributed by atoms with Crippen molar-refractivity contribution in [2.45, 2.75) is 30.2 Å². The molecule has 0 spiro atoms. The Hall–Kier alpha value is -1.83. The molecule has 0 radical (unpaired) electrons. The van der Waals surface area contributed by atoms with Gasteiger partial charge < -0.3 is 15.1 Å². The monoisotopic (exact) mass is 433 g/mol. The van der Waals surface area contributed by atoms with Crippen LogP contribution in [0, 0.1) is 0 Å². The Morgan fingerprint density at radius 1 is 1.21 bits per heavy atom. The van der Waals surface area contributed by atoms with Gasteiger partial charge in [0.25, 0.3) is 5.91 Å². The molecule has 0 bridgehead atoms. The van der Waals surface area contributed by atoms with E-state index in [1.165, 1.54) is 31.0 Å². The maximum Gasteiger partial charge on any atom is 0.251 e. The van der Waals surface area contributed by atoms with Gasteiger partial charge in [0.1, 0.15) is 11.0 Å². The number of hydrogen-bond acceptors (Lipinski definition) is 6. The summed E-state index contributed by atoms with van der Waals surface area (Å²) in [5, 5.41) is 4.09. The number of thioether (sulfide) groups is 1. The highest BCUT2D eigenvalue weighted by Crippen LogP contribution is 2.24. The summed E-state index contributed by atoms with van der Waals surface area (Å²) in [6.07, 6.45) is 3.85. The highest BCUT2D eigenvalue weighted by molar-refractivity contribution is 7.98. The second-order valence-corrected chi connectivity index (χ2v) is 8.70. The largest absolute Gasteiger partial charge is 0.363 e. The number of rotatable bonds is 8. The van der Waals surface area contributed by atoms with Crippen molar-refractivity contribution < 1.29 is 4.79 Å². The van der Waals surface area contributed by atoms with Gasteiger partial charge in [-0.2, -0.15) is 0 Å². The Morgan fingerprint density at radius 3 is 2.76 bits per heavy atom. The van der Waals surface area contributed by atoms with E-state index in [1.807, 2.05) is 43.3 Å². The van der Waals surface area contributed by atoms with Gasteiger partial charge in [0.15, 0.2) is 5.16 Å². The minimum absolute atomic E-state index is 0.0252. The average Bonchev–Trinajstić information content (AvgIpc) is 2.73. The lowest BCUT2D eigenvalue weighted by Gasteiger charge is -2.26. The molecule has 0 atom stereocenters. The van der Waals surface area contributed by atoms with Crippen LogP contribution < -0.4 is 10.2 Å². The Morgan fingerprint density at radius 2 is 2.00 bits per heavy atom. The zero-order valence-corrected chi connectivity index (χ0v) is 18.6. The molecular formula is C21H28ClN5OS. The van der Waals surface area contributed by atoms with Gasteiger partial charge in [0.2, 0.25) is 0 Å². The van der Waals surface area contributed by atoms with Crippen molar-refractivity contribution in [3.8, 4) is 0 Å².